The van der Waals surface area contributed by atoms with Gasteiger partial charge in [0.1, 0.15) is 18.1 Å². The highest BCUT2D eigenvalue weighted by molar-refractivity contribution is 6.02. The summed E-state index contributed by atoms with van der Waals surface area (Å²) in [6.45, 7) is 0.528. The van der Waals surface area contributed by atoms with E-state index in [2.05, 4.69) is 35.3 Å². The molecule has 4 aromatic rings. The van der Waals surface area contributed by atoms with Crippen molar-refractivity contribution in [3.8, 4) is 23.0 Å². The molecule has 0 unspecified atom stereocenters. The average Bonchev–Trinajstić information content (AvgIpc) is 3.42. The zero-order valence-electron chi connectivity index (χ0n) is 20.8. The van der Waals surface area contributed by atoms with Crippen molar-refractivity contribution in [3.63, 3.8) is 0 Å². The van der Waals surface area contributed by atoms with Crippen molar-refractivity contribution in [1.29, 1.82) is 0 Å². The minimum atomic E-state index is -0.347. The average molecular weight is 493 g/mol. The molecule has 2 aliphatic heterocycles. The molecular weight excluding hydrogens is 464 g/mol. The van der Waals surface area contributed by atoms with Crippen molar-refractivity contribution >= 4 is 5.71 Å². The lowest BCUT2D eigenvalue weighted by molar-refractivity contribution is -0.0190. The van der Waals surface area contributed by atoms with Crippen LogP contribution in [0.2, 0.25) is 0 Å². The molecule has 0 amide bonds. The molecule has 0 fully saturated rings. The van der Waals surface area contributed by atoms with Gasteiger partial charge >= 0.3 is 0 Å². The molecule has 6 rings (SSSR count). The van der Waals surface area contributed by atoms with Crippen molar-refractivity contribution in [2.75, 3.05) is 14.2 Å². The highest BCUT2D eigenvalue weighted by Crippen LogP contribution is 2.47. The molecule has 2 aliphatic rings. The summed E-state index contributed by atoms with van der Waals surface area (Å²) in [6, 6.07) is 32.5. The predicted octanol–water partition coefficient (Wildman–Crippen LogP) is 6.53. The highest BCUT2D eigenvalue weighted by Gasteiger charge is 2.41. The van der Waals surface area contributed by atoms with Gasteiger partial charge in [-0.05, 0) is 54.1 Å². The van der Waals surface area contributed by atoms with E-state index in [1.54, 1.807) is 14.2 Å². The summed E-state index contributed by atoms with van der Waals surface area (Å²) in [5.74, 6) is 3.09. The van der Waals surface area contributed by atoms with Gasteiger partial charge in [0.2, 0.25) is 6.23 Å². The maximum atomic E-state index is 6.50. The molecule has 2 heterocycles. The largest absolute Gasteiger partial charge is 0.493 e. The molecule has 0 saturated heterocycles. The summed E-state index contributed by atoms with van der Waals surface area (Å²) in [5, 5.41) is 7.14. The van der Waals surface area contributed by atoms with Crippen molar-refractivity contribution < 1.29 is 18.9 Å². The lowest BCUT2D eigenvalue weighted by Crippen LogP contribution is -2.33. The standard InChI is InChI=1S/C31H28N2O4/c1-34-29-17-14-23(18-30(29)35-2)26-19-27-25-10-6-7-11-28(25)37-31(33(27)32-26)22-12-15-24(16-13-22)36-20-21-8-4-3-5-9-21/h3-18,27,31H,19-20H2,1-2H3/t27-,31-/m0/s1. The Kier molecular flexibility index (Phi) is 6.15. The summed E-state index contributed by atoms with van der Waals surface area (Å²) in [5.41, 5.74) is 5.28. The van der Waals surface area contributed by atoms with Crippen LogP contribution in [0.3, 0.4) is 0 Å². The fraction of sp³-hybridized carbons (Fsp3) is 0.194. The van der Waals surface area contributed by atoms with Gasteiger partial charge in [-0.1, -0.05) is 48.5 Å². The molecule has 0 radical (unpaired) electrons. The Labute approximate surface area is 216 Å². The van der Waals surface area contributed by atoms with E-state index in [-0.39, 0.29) is 12.3 Å². The quantitative estimate of drug-likeness (QED) is 0.294. The van der Waals surface area contributed by atoms with Gasteiger partial charge in [-0.3, -0.25) is 0 Å². The first-order chi connectivity index (χ1) is 18.2. The van der Waals surface area contributed by atoms with Crippen LogP contribution < -0.4 is 18.9 Å². The zero-order chi connectivity index (χ0) is 25.2. The number of hydrogen-bond donors (Lipinski definition) is 0. The van der Waals surface area contributed by atoms with E-state index in [1.165, 1.54) is 0 Å². The van der Waals surface area contributed by atoms with Gasteiger partial charge < -0.3 is 18.9 Å². The van der Waals surface area contributed by atoms with Crippen LogP contribution in [-0.4, -0.2) is 24.9 Å². The van der Waals surface area contributed by atoms with Crippen molar-refractivity contribution in [2.24, 2.45) is 5.10 Å². The molecule has 37 heavy (non-hydrogen) atoms. The zero-order valence-corrected chi connectivity index (χ0v) is 20.8. The molecule has 6 nitrogen and oxygen atoms in total. The van der Waals surface area contributed by atoms with Gasteiger partial charge in [0.25, 0.3) is 0 Å². The second-order valence-corrected chi connectivity index (χ2v) is 9.07. The van der Waals surface area contributed by atoms with Crippen molar-refractivity contribution in [1.82, 2.24) is 5.01 Å². The Morgan fingerprint density at radius 1 is 0.838 bits per heavy atom. The summed E-state index contributed by atoms with van der Waals surface area (Å²) >= 11 is 0. The Hall–Kier alpha value is -4.45. The van der Waals surface area contributed by atoms with Crippen LogP contribution in [0.15, 0.2) is 102 Å². The number of hydrazone groups is 1. The Morgan fingerprint density at radius 3 is 2.38 bits per heavy atom. The molecule has 0 aromatic heterocycles. The highest BCUT2D eigenvalue weighted by atomic mass is 16.5. The molecule has 186 valence electrons. The Balaban J connectivity index is 1.29. The number of hydrogen-bond acceptors (Lipinski definition) is 6. The predicted molar refractivity (Wildman–Crippen MR) is 142 cm³/mol. The maximum Gasteiger partial charge on any atom is 0.213 e. The number of para-hydroxylation sites is 1. The summed E-state index contributed by atoms with van der Waals surface area (Å²) < 4.78 is 23.4. The maximum absolute atomic E-state index is 6.50. The van der Waals surface area contributed by atoms with E-state index in [1.807, 2.05) is 66.7 Å². The molecule has 6 heteroatoms. The SMILES string of the molecule is COc1ccc(C2=NN3[C@@H](C2)c2ccccc2O[C@H]3c2ccc(OCc3ccccc3)cc2)cc1OC. The minimum Gasteiger partial charge on any atom is -0.493 e. The minimum absolute atomic E-state index is 0.0760. The topological polar surface area (TPSA) is 52.5 Å². The number of ether oxygens (including phenoxy) is 4. The second kappa shape index (κ2) is 9.90. The number of rotatable bonds is 7. The van der Waals surface area contributed by atoms with Gasteiger partial charge in [0.15, 0.2) is 11.5 Å². The van der Waals surface area contributed by atoms with Crippen LogP contribution in [-0.2, 0) is 6.61 Å². The Bertz CT molecular complexity index is 1420. The molecule has 2 atom stereocenters. The monoisotopic (exact) mass is 492 g/mol. The molecule has 4 aromatic carbocycles. The number of methoxy groups -OCH3 is 2. The second-order valence-electron chi connectivity index (χ2n) is 9.07. The van der Waals surface area contributed by atoms with Crippen LogP contribution in [0.4, 0.5) is 0 Å². The first-order valence-corrected chi connectivity index (χ1v) is 12.3. The van der Waals surface area contributed by atoms with Gasteiger partial charge in [-0.2, -0.15) is 5.10 Å². The smallest absolute Gasteiger partial charge is 0.213 e. The van der Waals surface area contributed by atoms with Gasteiger partial charge in [0.05, 0.1) is 26.0 Å². The first-order valence-electron chi connectivity index (χ1n) is 12.3. The van der Waals surface area contributed by atoms with E-state index in [0.29, 0.717) is 18.1 Å². The normalized spacial score (nSPS) is 17.8. The van der Waals surface area contributed by atoms with Crippen LogP contribution in [0, 0.1) is 0 Å². The van der Waals surface area contributed by atoms with Gasteiger partial charge in [-0.15, -0.1) is 0 Å². The van der Waals surface area contributed by atoms with E-state index in [4.69, 9.17) is 24.0 Å². The number of nitrogens with zero attached hydrogens (tertiary/aromatic N) is 2. The van der Waals surface area contributed by atoms with Gasteiger partial charge in [0, 0.05) is 23.1 Å². The Morgan fingerprint density at radius 2 is 1.59 bits per heavy atom. The lowest BCUT2D eigenvalue weighted by Gasteiger charge is -2.38. The summed E-state index contributed by atoms with van der Waals surface area (Å²) in [7, 11) is 3.29. The number of fused-ring (bicyclic) bond motifs is 3. The van der Waals surface area contributed by atoms with E-state index in [0.717, 1.165) is 45.9 Å². The lowest BCUT2D eigenvalue weighted by atomic mass is 9.96. The molecule has 0 aliphatic carbocycles. The fourth-order valence-corrected chi connectivity index (χ4v) is 4.91. The van der Waals surface area contributed by atoms with Crippen LogP contribution >= 0.6 is 0 Å². The molecular formula is C31H28N2O4. The van der Waals surface area contributed by atoms with Crippen molar-refractivity contribution in [2.45, 2.75) is 25.3 Å². The van der Waals surface area contributed by atoms with E-state index in [9.17, 15) is 0 Å². The summed E-state index contributed by atoms with van der Waals surface area (Å²) in [6.07, 6.45) is 0.422. The van der Waals surface area contributed by atoms with Crippen LogP contribution in [0.5, 0.6) is 23.0 Å². The third kappa shape index (κ3) is 4.47. The fourth-order valence-electron chi connectivity index (χ4n) is 4.91. The third-order valence-electron chi connectivity index (χ3n) is 6.83. The third-order valence-corrected chi connectivity index (χ3v) is 6.83. The summed E-state index contributed by atoms with van der Waals surface area (Å²) in [4.78, 5) is 0. The molecule has 0 spiro atoms. The number of benzene rings is 4. The molecule has 0 bridgehead atoms. The van der Waals surface area contributed by atoms with Crippen LogP contribution in [0.1, 0.15) is 40.9 Å². The van der Waals surface area contributed by atoms with Crippen molar-refractivity contribution in [3.05, 3.63) is 119 Å². The van der Waals surface area contributed by atoms with Gasteiger partial charge in [-0.25, -0.2) is 5.01 Å². The molecule has 0 saturated carbocycles. The first kappa shape index (κ1) is 23.0. The van der Waals surface area contributed by atoms with E-state index >= 15 is 0 Å². The van der Waals surface area contributed by atoms with E-state index < -0.39 is 0 Å². The van der Waals surface area contributed by atoms with Crippen LogP contribution in [0.25, 0.3) is 0 Å². The molecule has 0 N–H and O–H groups in total.